The third-order valence-electron chi connectivity index (χ3n) is 1.84. The molecular weight excluding hydrogens is 290 g/mol. The Morgan fingerprint density at radius 2 is 2.38 bits per heavy atom. The van der Waals surface area contributed by atoms with Gasteiger partial charge in [0.25, 0.3) is 5.91 Å². The smallest absolute Gasteiger partial charge is 0.271 e. The van der Waals surface area contributed by atoms with Gasteiger partial charge in [-0.3, -0.25) is 9.78 Å². The summed E-state index contributed by atoms with van der Waals surface area (Å²) in [4.78, 5) is 20.4. The van der Waals surface area contributed by atoms with Crippen LogP contribution in [0, 0.1) is 0 Å². The molecule has 0 unspecified atom stereocenters. The van der Waals surface area contributed by atoms with Gasteiger partial charge in [-0.05, 0) is 22.0 Å². The summed E-state index contributed by atoms with van der Waals surface area (Å²) in [5.74, 6) is -0.211. The Balaban J connectivity index is 1.94. The van der Waals surface area contributed by atoms with Crippen molar-refractivity contribution in [1.29, 1.82) is 0 Å². The fourth-order valence-electron chi connectivity index (χ4n) is 1.12. The van der Waals surface area contributed by atoms with E-state index in [1.54, 1.807) is 11.3 Å². The van der Waals surface area contributed by atoms with Gasteiger partial charge in [-0.2, -0.15) is 0 Å². The van der Waals surface area contributed by atoms with Crippen molar-refractivity contribution < 1.29 is 4.79 Å². The van der Waals surface area contributed by atoms with Crippen LogP contribution in [-0.2, 0) is 6.54 Å². The summed E-state index contributed by atoms with van der Waals surface area (Å²) in [7, 11) is 0. The van der Waals surface area contributed by atoms with E-state index in [1.807, 2.05) is 11.4 Å². The van der Waals surface area contributed by atoms with E-state index < -0.39 is 0 Å². The molecule has 2 heterocycles. The lowest BCUT2D eigenvalue weighted by molar-refractivity contribution is 0.0946. The topological polar surface area (TPSA) is 54.9 Å². The van der Waals surface area contributed by atoms with Crippen LogP contribution in [0.2, 0.25) is 0 Å². The number of thiophene rings is 1. The Morgan fingerprint density at radius 1 is 1.50 bits per heavy atom. The standard InChI is InChI=1S/C10H8BrN3OS/c11-7-3-8(16-6-7)4-14-10(15)9-5-12-1-2-13-9/h1-3,5-6H,4H2,(H,14,15). The van der Waals surface area contributed by atoms with Gasteiger partial charge in [0, 0.05) is 27.1 Å². The highest BCUT2D eigenvalue weighted by Crippen LogP contribution is 2.19. The number of carbonyl (C=O) groups is 1. The van der Waals surface area contributed by atoms with Crippen molar-refractivity contribution >= 4 is 33.2 Å². The first-order chi connectivity index (χ1) is 7.75. The van der Waals surface area contributed by atoms with E-state index in [2.05, 4.69) is 31.2 Å². The third-order valence-corrected chi connectivity index (χ3v) is 3.54. The van der Waals surface area contributed by atoms with E-state index in [9.17, 15) is 4.79 Å². The lowest BCUT2D eigenvalue weighted by Crippen LogP contribution is -2.23. The highest BCUT2D eigenvalue weighted by molar-refractivity contribution is 9.10. The zero-order valence-corrected chi connectivity index (χ0v) is 10.6. The fraction of sp³-hybridized carbons (Fsp3) is 0.100. The van der Waals surface area contributed by atoms with Gasteiger partial charge in [-0.1, -0.05) is 0 Å². The number of aromatic nitrogens is 2. The van der Waals surface area contributed by atoms with E-state index in [0.29, 0.717) is 12.2 Å². The highest BCUT2D eigenvalue weighted by atomic mass is 79.9. The molecular formula is C10H8BrN3OS. The summed E-state index contributed by atoms with van der Waals surface area (Å²) in [6, 6.07) is 1.97. The SMILES string of the molecule is O=C(NCc1cc(Br)cs1)c1cnccn1. The first-order valence-corrected chi connectivity index (χ1v) is 6.20. The Kier molecular flexibility index (Phi) is 3.63. The average molecular weight is 298 g/mol. The number of hydrogen-bond acceptors (Lipinski definition) is 4. The number of nitrogens with zero attached hydrogens (tertiary/aromatic N) is 2. The Morgan fingerprint density at radius 3 is 3.00 bits per heavy atom. The third kappa shape index (κ3) is 2.86. The summed E-state index contributed by atoms with van der Waals surface area (Å²) in [6.07, 6.45) is 4.48. The van der Waals surface area contributed by atoms with Crippen molar-refractivity contribution in [3.05, 3.63) is 45.1 Å². The minimum atomic E-state index is -0.211. The van der Waals surface area contributed by atoms with Crippen LogP contribution >= 0.6 is 27.3 Å². The first-order valence-electron chi connectivity index (χ1n) is 4.53. The van der Waals surface area contributed by atoms with Gasteiger partial charge in [-0.25, -0.2) is 4.98 Å². The van der Waals surface area contributed by atoms with Crippen LogP contribution in [0.15, 0.2) is 34.5 Å². The molecule has 0 aliphatic heterocycles. The van der Waals surface area contributed by atoms with Crippen LogP contribution in [-0.4, -0.2) is 15.9 Å². The summed E-state index contributed by atoms with van der Waals surface area (Å²) in [5.41, 5.74) is 0.332. The lowest BCUT2D eigenvalue weighted by Gasteiger charge is -2.01. The molecule has 2 aromatic heterocycles. The van der Waals surface area contributed by atoms with E-state index in [4.69, 9.17) is 0 Å². The summed E-state index contributed by atoms with van der Waals surface area (Å²) >= 11 is 4.95. The number of rotatable bonds is 3. The largest absolute Gasteiger partial charge is 0.346 e. The molecule has 0 bridgehead atoms. The van der Waals surface area contributed by atoms with E-state index in [-0.39, 0.29) is 5.91 Å². The van der Waals surface area contributed by atoms with Crippen LogP contribution < -0.4 is 5.32 Å². The maximum Gasteiger partial charge on any atom is 0.271 e. The van der Waals surface area contributed by atoms with Crippen LogP contribution in [0.25, 0.3) is 0 Å². The van der Waals surface area contributed by atoms with E-state index in [0.717, 1.165) is 9.35 Å². The number of amides is 1. The van der Waals surface area contributed by atoms with Crippen LogP contribution in [0.4, 0.5) is 0 Å². The summed E-state index contributed by atoms with van der Waals surface area (Å²) in [5, 5.41) is 4.75. The Hall–Kier alpha value is -1.27. The van der Waals surface area contributed by atoms with E-state index >= 15 is 0 Å². The second kappa shape index (κ2) is 5.18. The molecule has 0 fully saturated rings. The predicted octanol–water partition coefficient (Wildman–Crippen LogP) is 2.23. The normalized spacial score (nSPS) is 10.1. The minimum absolute atomic E-state index is 0.211. The van der Waals surface area contributed by atoms with Crippen LogP contribution in [0.1, 0.15) is 15.4 Å². The molecule has 0 spiro atoms. The quantitative estimate of drug-likeness (QED) is 0.945. The molecule has 2 aromatic rings. The minimum Gasteiger partial charge on any atom is -0.346 e. The monoisotopic (exact) mass is 297 g/mol. The van der Waals surface area contributed by atoms with Crippen molar-refractivity contribution in [2.75, 3.05) is 0 Å². The molecule has 0 aliphatic rings. The van der Waals surface area contributed by atoms with E-state index in [1.165, 1.54) is 18.6 Å². The summed E-state index contributed by atoms with van der Waals surface area (Å²) < 4.78 is 1.03. The molecule has 4 nitrogen and oxygen atoms in total. The first kappa shape index (κ1) is 11.2. The Labute approximate surface area is 105 Å². The van der Waals surface area contributed by atoms with Gasteiger partial charge >= 0.3 is 0 Å². The number of carbonyl (C=O) groups excluding carboxylic acids is 1. The zero-order valence-electron chi connectivity index (χ0n) is 8.18. The maximum atomic E-state index is 11.6. The molecule has 0 atom stereocenters. The van der Waals surface area contributed by atoms with Gasteiger partial charge < -0.3 is 5.32 Å². The second-order valence-corrected chi connectivity index (χ2v) is 4.92. The highest BCUT2D eigenvalue weighted by Gasteiger charge is 2.06. The van der Waals surface area contributed by atoms with Crippen molar-refractivity contribution in [2.24, 2.45) is 0 Å². The molecule has 0 aliphatic carbocycles. The van der Waals surface area contributed by atoms with Crippen molar-refractivity contribution in [3.63, 3.8) is 0 Å². The van der Waals surface area contributed by atoms with Crippen molar-refractivity contribution in [3.8, 4) is 0 Å². The fourth-order valence-corrected chi connectivity index (χ4v) is 2.51. The molecule has 0 saturated carbocycles. The van der Waals surface area contributed by atoms with Gasteiger partial charge in [0.15, 0.2) is 0 Å². The van der Waals surface area contributed by atoms with Crippen LogP contribution in [0.5, 0.6) is 0 Å². The van der Waals surface area contributed by atoms with Gasteiger partial charge in [0.05, 0.1) is 12.7 Å². The maximum absolute atomic E-state index is 11.6. The molecule has 1 N–H and O–H groups in total. The number of halogens is 1. The second-order valence-electron chi connectivity index (χ2n) is 3.00. The molecule has 82 valence electrons. The summed E-state index contributed by atoms with van der Waals surface area (Å²) in [6.45, 7) is 0.506. The molecule has 6 heteroatoms. The molecule has 0 aromatic carbocycles. The van der Waals surface area contributed by atoms with Gasteiger partial charge in [-0.15, -0.1) is 11.3 Å². The molecule has 16 heavy (non-hydrogen) atoms. The molecule has 0 saturated heterocycles. The number of nitrogens with one attached hydrogen (secondary N) is 1. The van der Waals surface area contributed by atoms with Gasteiger partial charge in [0.1, 0.15) is 5.69 Å². The van der Waals surface area contributed by atoms with Crippen LogP contribution in [0.3, 0.4) is 0 Å². The predicted molar refractivity (Wildman–Crippen MR) is 65.2 cm³/mol. The molecule has 2 rings (SSSR count). The lowest BCUT2D eigenvalue weighted by atomic mass is 10.4. The zero-order chi connectivity index (χ0) is 11.4. The Bertz CT molecular complexity index is 486. The van der Waals surface area contributed by atoms with Crippen molar-refractivity contribution in [1.82, 2.24) is 15.3 Å². The molecule has 1 amide bonds. The average Bonchev–Trinajstić information content (AvgIpc) is 2.73. The number of hydrogen-bond donors (Lipinski definition) is 1. The van der Waals surface area contributed by atoms with Crippen molar-refractivity contribution in [2.45, 2.75) is 6.54 Å². The van der Waals surface area contributed by atoms with Gasteiger partial charge in [0.2, 0.25) is 0 Å². The molecule has 0 radical (unpaired) electrons.